The largest absolute Gasteiger partial charge is 0.487 e. The summed E-state index contributed by atoms with van der Waals surface area (Å²) in [4.78, 5) is 12.1. The Balaban J connectivity index is 2.33. The third-order valence-corrected chi connectivity index (χ3v) is 3.10. The molecule has 0 atom stereocenters. The molecule has 0 radical (unpaired) electrons. The van der Waals surface area contributed by atoms with Gasteiger partial charge in [0.15, 0.2) is 5.78 Å². The van der Waals surface area contributed by atoms with Gasteiger partial charge in [-0.25, -0.2) is 0 Å². The number of carbonyl (C=O) groups is 1. The van der Waals surface area contributed by atoms with Crippen molar-refractivity contribution in [2.75, 3.05) is 0 Å². The number of ketones is 1. The molecule has 0 unspecified atom stereocenters. The molecule has 2 rings (SSSR count). The van der Waals surface area contributed by atoms with Gasteiger partial charge in [-0.05, 0) is 52.0 Å². The van der Waals surface area contributed by atoms with Crippen molar-refractivity contribution >= 4 is 5.78 Å². The minimum absolute atomic E-state index is 0.0908. The second kappa shape index (κ2) is 4.41. The molecule has 1 heterocycles. The molecule has 0 saturated carbocycles. The van der Waals surface area contributed by atoms with Gasteiger partial charge in [0, 0.05) is 0 Å². The highest BCUT2D eigenvalue weighted by Gasteiger charge is 2.32. The normalized spacial score (nSPS) is 17.4. The molecular formula is C16H20O3. The SMILES string of the molecule is C=CC(C)(C)Oc1ccc2c(c1)C(=O)CC(C)(C)O2. The molecule has 1 aromatic rings. The number of rotatable bonds is 3. The van der Waals surface area contributed by atoms with E-state index in [0.717, 1.165) is 0 Å². The molecule has 0 spiro atoms. The first kappa shape index (κ1) is 13.7. The summed E-state index contributed by atoms with van der Waals surface area (Å²) in [5.41, 5.74) is -0.310. The van der Waals surface area contributed by atoms with E-state index in [1.54, 1.807) is 18.2 Å². The molecule has 0 aromatic heterocycles. The van der Waals surface area contributed by atoms with Crippen LogP contribution in [-0.2, 0) is 0 Å². The van der Waals surface area contributed by atoms with Crippen molar-refractivity contribution in [2.24, 2.45) is 0 Å². The summed E-state index contributed by atoms with van der Waals surface area (Å²) < 4.78 is 11.6. The molecule has 0 fully saturated rings. The zero-order valence-electron chi connectivity index (χ0n) is 11.9. The molecule has 1 aliphatic rings. The van der Waals surface area contributed by atoms with Crippen LogP contribution in [0.3, 0.4) is 0 Å². The minimum atomic E-state index is -0.466. The van der Waals surface area contributed by atoms with Crippen LogP contribution in [0, 0.1) is 0 Å². The Morgan fingerprint density at radius 3 is 2.74 bits per heavy atom. The smallest absolute Gasteiger partial charge is 0.170 e. The van der Waals surface area contributed by atoms with Crippen molar-refractivity contribution in [3.63, 3.8) is 0 Å². The molecule has 1 aliphatic heterocycles. The van der Waals surface area contributed by atoms with Gasteiger partial charge in [0.2, 0.25) is 0 Å². The van der Waals surface area contributed by atoms with Gasteiger partial charge in [-0.2, -0.15) is 0 Å². The third-order valence-electron chi connectivity index (χ3n) is 3.10. The van der Waals surface area contributed by atoms with Crippen LogP contribution in [-0.4, -0.2) is 17.0 Å². The van der Waals surface area contributed by atoms with Crippen molar-refractivity contribution in [1.82, 2.24) is 0 Å². The first-order chi connectivity index (χ1) is 8.72. The predicted octanol–water partition coefficient (Wildman–Crippen LogP) is 3.77. The van der Waals surface area contributed by atoms with E-state index in [0.29, 0.717) is 23.5 Å². The van der Waals surface area contributed by atoms with Crippen LogP contribution in [0.1, 0.15) is 44.5 Å². The van der Waals surface area contributed by atoms with Crippen LogP contribution in [0.5, 0.6) is 11.5 Å². The number of fused-ring (bicyclic) bond motifs is 1. The Bertz CT molecular complexity index is 527. The minimum Gasteiger partial charge on any atom is -0.487 e. The molecule has 0 aliphatic carbocycles. The second-order valence-corrected chi connectivity index (χ2v) is 6.03. The number of benzene rings is 1. The highest BCUT2D eigenvalue weighted by atomic mass is 16.5. The summed E-state index contributed by atoms with van der Waals surface area (Å²) in [6, 6.07) is 5.36. The zero-order chi connectivity index (χ0) is 14.3. The Kier molecular flexibility index (Phi) is 3.17. The van der Waals surface area contributed by atoms with Crippen LogP contribution < -0.4 is 9.47 Å². The maximum absolute atomic E-state index is 12.1. The number of hydrogen-bond acceptors (Lipinski definition) is 3. The molecule has 3 heteroatoms. The van der Waals surface area contributed by atoms with E-state index in [1.807, 2.05) is 33.8 Å². The number of ether oxygens (including phenoxy) is 2. The summed E-state index contributed by atoms with van der Waals surface area (Å²) in [5.74, 6) is 1.37. The van der Waals surface area contributed by atoms with Gasteiger partial charge in [-0.1, -0.05) is 6.58 Å². The molecule has 0 saturated heterocycles. The summed E-state index contributed by atoms with van der Waals surface area (Å²) >= 11 is 0. The molecule has 102 valence electrons. The standard InChI is InChI=1S/C16H20O3/c1-6-15(2,3)18-11-7-8-14-12(9-11)13(17)10-16(4,5)19-14/h6-9H,1,10H2,2-5H3. The van der Waals surface area contributed by atoms with Crippen molar-refractivity contribution < 1.29 is 14.3 Å². The Morgan fingerprint density at radius 2 is 2.11 bits per heavy atom. The lowest BCUT2D eigenvalue weighted by atomic mass is 9.93. The monoisotopic (exact) mass is 260 g/mol. The average molecular weight is 260 g/mol. The van der Waals surface area contributed by atoms with Crippen molar-refractivity contribution in [1.29, 1.82) is 0 Å². The van der Waals surface area contributed by atoms with Crippen LogP contribution in [0.4, 0.5) is 0 Å². The molecular weight excluding hydrogens is 240 g/mol. The van der Waals surface area contributed by atoms with Gasteiger partial charge >= 0.3 is 0 Å². The fourth-order valence-electron chi connectivity index (χ4n) is 2.04. The quantitative estimate of drug-likeness (QED) is 0.776. The van der Waals surface area contributed by atoms with Crippen LogP contribution in [0.15, 0.2) is 30.9 Å². The predicted molar refractivity (Wildman–Crippen MR) is 75.0 cm³/mol. The van der Waals surface area contributed by atoms with Gasteiger partial charge in [0.1, 0.15) is 22.7 Å². The molecule has 0 amide bonds. The van der Waals surface area contributed by atoms with E-state index in [4.69, 9.17) is 9.47 Å². The van der Waals surface area contributed by atoms with E-state index in [-0.39, 0.29) is 5.78 Å². The van der Waals surface area contributed by atoms with E-state index in [1.165, 1.54) is 0 Å². The van der Waals surface area contributed by atoms with E-state index >= 15 is 0 Å². The van der Waals surface area contributed by atoms with E-state index in [9.17, 15) is 4.79 Å². The molecule has 3 nitrogen and oxygen atoms in total. The van der Waals surface area contributed by atoms with Gasteiger partial charge in [0.25, 0.3) is 0 Å². The maximum atomic E-state index is 12.1. The molecule has 1 aromatic carbocycles. The van der Waals surface area contributed by atoms with Gasteiger partial charge in [-0.3, -0.25) is 4.79 Å². The lowest BCUT2D eigenvalue weighted by Gasteiger charge is -2.32. The first-order valence-corrected chi connectivity index (χ1v) is 6.41. The lowest BCUT2D eigenvalue weighted by Crippen LogP contribution is -2.36. The fraction of sp³-hybridized carbons (Fsp3) is 0.438. The van der Waals surface area contributed by atoms with Crippen molar-refractivity contribution in [2.45, 2.75) is 45.3 Å². The van der Waals surface area contributed by atoms with Gasteiger partial charge in [0.05, 0.1) is 12.0 Å². The maximum Gasteiger partial charge on any atom is 0.170 e. The molecule has 0 bridgehead atoms. The molecule has 19 heavy (non-hydrogen) atoms. The third kappa shape index (κ3) is 2.98. The summed E-state index contributed by atoms with van der Waals surface area (Å²) in [5, 5.41) is 0. The first-order valence-electron chi connectivity index (χ1n) is 6.41. The molecule has 0 N–H and O–H groups in total. The van der Waals surface area contributed by atoms with Gasteiger partial charge in [-0.15, -0.1) is 0 Å². The highest BCUT2D eigenvalue weighted by molar-refractivity contribution is 6.00. The van der Waals surface area contributed by atoms with Crippen LogP contribution in [0.25, 0.3) is 0 Å². The average Bonchev–Trinajstić information content (AvgIpc) is 2.28. The van der Waals surface area contributed by atoms with Gasteiger partial charge < -0.3 is 9.47 Å². The summed E-state index contributed by atoms with van der Waals surface area (Å²) in [6.07, 6.45) is 2.11. The number of Topliss-reactive ketones (excluding diaryl/α,β-unsaturated/α-hetero) is 1. The second-order valence-electron chi connectivity index (χ2n) is 6.03. The number of hydrogen-bond donors (Lipinski definition) is 0. The topological polar surface area (TPSA) is 35.5 Å². The fourth-order valence-corrected chi connectivity index (χ4v) is 2.04. The van der Waals surface area contributed by atoms with E-state index in [2.05, 4.69) is 6.58 Å². The Hall–Kier alpha value is -1.77. The van der Waals surface area contributed by atoms with Crippen molar-refractivity contribution in [3.8, 4) is 11.5 Å². The Labute approximate surface area is 114 Å². The van der Waals surface area contributed by atoms with Crippen molar-refractivity contribution in [3.05, 3.63) is 36.4 Å². The zero-order valence-corrected chi connectivity index (χ0v) is 11.9. The summed E-state index contributed by atoms with van der Waals surface area (Å²) in [6.45, 7) is 11.4. The number of carbonyl (C=O) groups excluding carboxylic acids is 1. The Morgan fingerprint density at radius 1 is 1.42 bits per heavy atom. The van der Waals surface area contributed by atoms with Crippen LogP contribution >= 0.6 is 0 Å². The highest BCUT2D eigenvalue weighted by Crippen LogP contribution is 2.35. The lowest BCUT2D eigenvalue weighted by molar-refractivity contribution is 0.0616. The van der Waals surface area contributed by atoms with Crippen LogP contribution in [0.2, 0.25) is 0 Å². The summed E-state index contributed by atoms with van der Waals surface area (Å²) in [7, 11) is 0. The van der Waals surface area contributed by atoms with E-state index < -0.39 is 11.2 Å².